The number of carbonyl (C=O) groups excluding carboxylic acids is 1. The van der Waals surface area contributed by atoms with Crippen LogP contribution in [0.3, 0.4) is 0 Å². The van der Waals surface area contributed by atoms with E-state index >= 15 is 4.79 Å². The number of benzene rings is 3. The molecule has 11 nitrogen and oxygen atoms in total. The molecule has 0 aliphatic carbocycles. The highest BCUT2D eigenvalue weighted by molar-refractivity contribution is 6.35. The fraction of sp³-hybridized carbons (Fsp3) is 0.283. The van der Waals surface area contributed by atoms with Crippen LogP contribution in [-0.4, -0.2) is 54.0 Å². The largest absolute Gasteiger partial charge is 0.494 e. The van der Waals surface area contributed by atoms with Gasteiger partial charge in [-0.05, 0) is 114 Å². The van der Waals surface area contributed by atoms with Crippen molar-refractivity contribution in [3.05, 3.63) is 127 Å². The lowest BCUT2D eigenvalue weighted by atomic mass is 9.98. The molecule has 0 saturated heterocycles. The van der Waals surface area contributed by atoms with Crippen molar-refractivity contribution >= 4 is 62.6 Å². The van der Waals surface area contributed by atoms with Crippen LogP contribution in [0.5, 0.6) is 5.75 Å². The van der Waals surface area contributed by atoms with Crippen LogP contribution in [0.1, 0.15) is 85.4 Å². The molecule has 8 rings (SSSR count). The van der Waals surface area contributed by atoms with Gasteiger partial charge >= 0.3 is 5.97 Å². The second kappa shape index (κ2) is 15.3. The first-order valence-corrected chi connectivity index (χ1v) is 20.2. The lowest BCUT2D eigenvalue weighted by molar-refractivity contribution is 0.0687. The Kier molecular flexibility index (Phi) is 10.3. The number of anilines is 1. The van der Waals surface area contributed by atoms with Crippen molar-refractivity contribution in [2.24, 2.45) is 7.05 Å². The third-order valence-corrected chi connectivity index (χ3v) is 12.4. The predicted molar refractivity (Wildman–Crippen MR) is 231 cm³/mol. The summed E-state index contributed by atoms with van der Waals surface area (Å²) < 4.78 is 11.9. The first-order chi connectivity index (χ1) is 28.2. The zero-order chi connectivity index (χ0) is 42.0. The summed E-state index contributed by atoms with van der Waals surface area (Å²) in [5.74, 6) is -0.768. The lowest BCUT2D eigenvalue weighted by Crippen LogP contribution is -2.43. The van der Waals surface area contributed by atoms with E-state index in [1.165, 1.54) is 0 Å². The Morgan fingerprint density at radius 2 is 1.75 bits per heavy atom. The molecule has 4 aromatic heterocycles. The molecule has 59 heavy (non-hydrogen) atoms. The second-order valence-corrected chi connectivity index (χ2v) is 16.3. The van der Waals surface area contributed by atoms with E-state index in [0.717, 1.165) is 61.4 Å². The Morgan fingerprint density at radius 1 is 1.00 bits per heavy atom. The average molecular weight is 829 g/mol. The van der Waals surface area contributed by atoms with Gasteiger partial charge in [-0.25, -0.2) is 9.78 Å². The molecule has 3 aromatic carbocycles. The molecule has 13 heteroatoms. The van der Waals surface area contributed by atoms with E-state index in [1.54, 1.807) is 27.7 Å². The molecule has 300 valence electrons. The normalized spacial score (nSPS) is 14.0. The Morgan fingerprint density at radius 3 is 2.42 bits per heavy atom. The number of pyridine rings is 1. The van der Waals surface area contributed by atoms with Crippen molar-refractivity contribution in [3.63, 3.8) is 0 Å². The van der Waals surface area contributed by atoms with E-state index in [9.17, 15) is 15.2 Å². The molecular formula is C46H43Cl2N7O4. The number of hydrogen-bond acceptors (Lipinski definition) is 6. The minimum absolute atomic E-state index is 0.0336. The first-order valence-electron chi connectivity index (χ1n) is 19.5. The maximum Gasteiger partial charge on any atom is 0.354 e. The van der Waals surface area contributed by atoms with Gasteiger partial charge in [0.05, 0.1) is 46.3 Å². The summed E-state index contributed by atoms with van der Waals surface area (Å²) in [6, 6.07) is 20.3. The number of aromatic carboxylic acids is 1. The minimum Gasteiger partial charge on any atom is -0.494 e. The molecule has 1 aliphatic heterocycles. The fourth-order valence-corrected chi connectivity index (χ4v) is 9.18. The highest BCUT2D eigenvalue weighted by Gasteiger charge is 2.40. The number of halogens is 2. The molecule has 1 amide bonds. The maximum atomic E-state index is 15.5. The number of fused-ring (bicyclic) bond motifs is 4. The molecule has 7 aromatic rings. The highest BCUT2D eigenvalue weighted by atomic mass is 35.5. The highest BCUT2D eigenvalue weighted by Crippen LogP contribution is 2.46. The number of carbonyl (C=O) groups is 2. The minimum atomic E-state index is -1.18. The predicted octanol–water partition coefficient (Wildman–Crippen LogP) is 10.1. The number of nitrogens with zero attached hydrogens (tertiary/aromatic N) is 7. The Hall–Kier alpha value is -6.09. The van der Waals surface area contributed by atoms with Gasteiger partial charge in [0, 0.05) is 52.3 Å². The topological polar surface area (TPSA) is 131 Å². The molecule has 5 heterocycles. The summed E-state index contributed by atoms with van der Waals surface area (Å²) in [4.78, 5) is 35.1. The van der Waals surface area contributed by atoms with Gasteiger partial charge in [-0.1, -0.05) is 47.0 Å². The van der Waals surface area contributed by atoms with Gasteiger partial charge in [-0.15, -0.1) is 0 Å². The summed E-state index contributed by atoms with van der Waals surface area (Å²) in [5, 5.41) is 28.1. The quantitative estimate of drug-likeness (QED) is 0.136. The zero-order valence-corrected chi connectivity index (χ0v) is 35.5. The molecule has 1 aliphatic rings. The van der Waals surface area contributed by atoms with Gasteiger partial charge in [0.25, 0.3) is 5.91 Å². The molecule has 0 spiro atoms. The zero-order valence-electron chi connectivity index (χ0n) is 33.9. The van der Waals surface area contributed by atoms with Gasteiger partial charge in [0.15, 0.2) is 5.69 Å². The van der Waals surface area contributed by atoms with E-state index < -0.39 is 5.97 Å². The van der Waals surface area contributed by atoms with Gasteiger partial charge in [-0.2, -0.15) is 10.4 Å². The van der Waals surface area contributed by atoms with Gasteiger partial charge in [0.2, 0.25) is 0 Å². The number of amides is 1. The summed E-state index contributed by atoms with van der Waals surface area (Å²) in [6.45, 7) is 12.5. The third-order valence-electron chi connectivity index (χ3n) is 11.5. The number of ether oxygens (including phenoxy) is 1. The van der Waals surface area contributed by atoms with Gasteiger partial charge in [0.1, 0.15) is 23.2 Å². The van der Waals surface area contributed by atoms with Crippen LogP contribution in [-0.2, 0) is 20.0 Å². The molecule has 0 saturated carbocycles. The van der Waals surface area contributed by atoms with Crippen LogP contribution < -0.4 is 9.64 Å². The van der Waals surface area contributed by atoms with Gasteiger partial charge in [-0.3, -0.25) is 9.48 Å². The number of carboxylic acid groups (broad SMARTS) is 1. The van der Waals surface area contributed by atoms with Gasteiger partial charge < -0.3 is 23.9 Å². The van der Waals surface area contributed by atoms with Crippen LogP contribution >= 0.6 is 23.2 Å². The lowest BCUT2D eigenvalue weighted by Gasteiger charge is -2.34. The monoisotopic (exact) mass is 827 g/mol. The van der Waals surface area contributed by atoms with Crippen LogP contribution in [0, 0.1) is 45.9 Å². The second-order valence-electron chi connectivity index (χ2n) is 15.5. The summed E-state index contributed by atoms with van der Waals surface area (Å²) in [7, 11) is 1.90. The molecule has 0 unspecified atom stereocenters. The van der Waals surface area contributed by atoms with E-state index in [-0.39, 0.29) is 36.4 Å². The van der Waals surface area contributed by atoms with Crippen LogP contribution in [0.2, 0.25) is 10.0 Å². The Bertz CT molecular complexity index is 2910. The molecule has 0 radical (unpaired) electrons. The SMILES string of the molecule is Cc1ccc2c(c1)c(N1C[C@@H](C)n3c(c(CCCOc4cc(C)c(Cl)c(C)c4)c4ccc(Cl)c(-c5c(C)nn(C)c5C)c43)C1=O)c(C(=O)O)n2Cc1cccc(C#N)n1. The summed E-state index contributed by atoms with van der Waals surface area (Å²) in [5.41, 5.74) is 10.1. The molecule has 0 fully saturated rings. The molecule has 1 N–H and O–H groups in total. The summed E-state index contributed by atoms with van der Waals surface area (Å²) >= 11 is 13.6. The standard InChI is InChI=1S/C46H43Cl2N7O4/c1-24-13-16-37-35(18-24)42(44(46(57)58)53(37)23-31-11-8-10-30(21-49)50-31)54-22-27(4)55-41-34(14-15-36(47)39(41)38-28(5)51-52(7)29(38)6)33(43(55)45(54)56)12-9-17-59-32-19-25(2)40(48)26(3)20-32/h8,10-11,13-16,18-20,27H,9,12,17,22-23H2,1-7H3,(H,57,58)/t27-/m1/s1. The van der Waals surface area contributed by atoms with Crippen molar-refractivity contribution in [3.8, 4) is 22.9 Å². The number of rotatable bonds is 10. The molecular weight excluding hydrogens is 785 g/mol. The number of carboxylic acids is 1. The number of aromatic nitrogens is 5. The third kappa shape index (κ3) is 6.70. The maximum absolute atomic E-state index is 15.5. The van der Waals surface area contributed by atoms with E-state index in [0.29, 0.717) is 57.5 Å². The van der Waals surface area contributed by atoms with Crippen molar-refractivity contribution in [1.82, 2.24) is 23.9 Å². The molecule has 0 bridgehead atoms. The van der Waals surface area contributed by atoms with Crippen molar-refractivity contribution in [2.45, 2.75) is 67.0 Å². The fourth-order valence-electron chi connectivity index (χ4n) is 8.82. The van der Waals surface area contributed by atoms with Crippen molar-refractivity contribution in [2.75, 3.05) is 18.1 Å². The number of aryl methyl sites for hydroxylation is 6. The van der Waals surface area contributed by atoms with Crippen LogP contribution in [0.4, 0.5) is 5.69 Å². The van der Waals surface area contributed by atoms with E-state index in [2.05, 4.69) is 22.5 Å². The average Bonchev–Trinajstić information content (AvgIpc) is 3.79. The smallest absolute Gasteiger partial charge is 0.354 e. The van der Waals surface area contributed by atoms with E-state index in [4.69, 9.17) is 33.0 Å². The van der Waals surface area contributed by atoms with Crippen LogP contribution in [0.25, 0.3) is 32.9 Å². The van der Waals surface area contributed by atoms with Crippen molar-refractivity contribution < 1.29 is 19.4 Å². The van der Waals surface area contributed by atoms with Crippen molar-refractivity contribution in [1.29, 1.82) is 5.26 Å². The Balaban J connectivity index is 1.31. The summed E-state index contributed by atoms with van der Waals surface area (Å²) in [6.07, 6.45) is 1.08. The molecule has 1 atom stereocenters. The Labute approximate surface area is 352 Å². The number of nitriles is 1. The van der Waals surface area contributed by atoms with E-state index in [1.807, 2.05) is 88.8 Å². The first kappa shape index (κ1) is 39.7. The number of hydrogen-bond donors (Lipinski definition) is 1. The van der Waals surface area contributed by atoms with Crippen LogP contribution in [0.15, 0.2) is 60.7 Å².